The zero-order valence-electron chi connectivity index (χ0n) is 15.1. The molecule has 2 rings (SSSR count). The van der Waals surface area contributed by atoms with Crippen LogP contribution in [0, 0.1) is 6.92 Å². The molecule has 2 atom stereocenters. The first-order chi connectivity index (χ1) is 11.5. The molecular formula is C16H29N5O3. The number of amides is 1. The lowest BCUT2D eigenvalue weighted by Gasteiger charge is -2.39. The van der Waals surface area contributed by atoms with Crippen LogP contribution >= 0.6 is 0 Å². The maximum absolute atomic E-state index is 12.2. The fraction of sp³-hybridized carbons (Fsp3) is 0.812. The second-order valence-electron chi connectivity index (χ2n) is 6.24. The number of carbonyl (C=O) groups excluding carboxylic acids is 1. The van der Waals surface area contributed by atoms with Crippen molar-refractivity contribution in [1.29, 1.82) is 0 Å². The fourth-order valence-electron chi connectivity index (χ4n) is 2.89. The number of aryl methyl sites for hydroxylation is 1. The third-order valence-corrected chi connectivity index (χ3v) is 4.55. The molecule has 1 saturated heterocycles. The zero-order valence-corrected chi connectivity index (χ0v) is 15.1. The Balaban J connectivity index is 1.76. The van der Waals surface area contributed by atoms with E-state index >= 15 is 0 Å². The van der Waals surface area contributed by atoms with E-state index in [1.807, 2.05) is 13.8 Å². The lowest BCUT2D eigenvalue weighted by atomic mass is 10.2. The molecule has 0 radical (unpaired) electrons. The summed E-state index contributed by atoms with van der Waals surface area (Å²) in [5.74, 6) is 1.40. The van der Waals surface area contributed by atoms with Gasteiger partial charge in [0.2, 0.25) is 11.8 Å². The normalized spacial score (nSPS) is 19.2. The molecule has 2 heterocycles. The van der Waals surface area contributed by atoms with Crippen LogP contribution in [0.2, 0.25) is 0 Å². The summed E-state index contributed by atoms with van der Waals surface area (Å²) in [6, 6.07) is -0.0119. The minimum absolute atomic E-state index is 0.0835. The van der Waals surface area contributed by atoms with Gasteiger partial charge in [0, 0.05) is 46.4 Å². The summed E-state index contributed by atoms with van der Waals surface area (Å²) in [6.45, 7) is 10.7. The van der Waals surface area contributed by atoms with Gasteiger partial charge in [-0.1, -0.05) is 5.16 Å². The number of rotatable bonds is 8. The van der Waals surface area contributed by atoms with E-state index in [2.05, 4.69) is 32.2 Å². The van der Waals surface area contributed by atoms with Crippen molar-refractivity contribution in [2.75, 3.05) is 46.4 Å². The zero-order chi connectivity index (χ0) is 17.5. The number of carbonyl (C=O) groups is 1. The Kier molecular flexibility index (Phi) is 7.14. The van der Waals surface area contributed by atoms with E-state index < -0.39 is 0 Å². The predicted molar refractivity (Wildman–Crippen MR) is 89.6 cm³/mol. The molecule has 1 aliphatic heterocycles. The quantitative estimate of drug-likeness (QED) is 0.694. The fourth-order valence-corrected chi connectivity index (χ4v) is 2.89. The molecule has 1 aliphatic rings. The molecule has 136 valence electrons. The Bertz CT molecular complexity index is 514. The van der Waals surface area contributed by atoms with E-state index in [9.17, 15) is 4.79 Å². The van der Waals surface area contributed by atoms with Crippen molar-refractivity contribution < 1.29 is 14.1 Å². The molecule has 8 nitrogen and oxygen atoms in total. The molecule has 1 aromatic heterocycles. The van der Waals surface area contributed by atoms with Gasteiger partial charge in [-0.05, 0) is 27.2 Å². The molecule has 0 unspecified atom stereocenters. The number of methoxy groups -OCH3 is 1. The number of hydrogen-bond acceptors (Lipinski definition) is 7. The van der Waals surface area contributed by atoms with Gasteiger partial charge in [-0.3, -0.25) is 14.6 Å². The topological polar surface area (TPSA) is 83.7 Å². The predicted octanol–water partition coefficient (Wildman–Crippen LogP) is 0.598. The van der Waals surface area contributed by atoms with Crippen molar-refractivity contribution in [1.82, 2.24) is 25.3 Å². The van der Waals surface area contributed by atoms with Crippen LogP contribution in [0.25, 0.3) is 0 Å². The van der Waals surface area contributed by atoms with Crippen LogP contribution in [0.15, 0.2) is 4.52 Å². The van der Waals surface area contributed by atoms with Gasteiger partial charge in [0.05, 0.1) is 12.1 Å². The first kappa shape index (κ1) is 18.8. The smallest absolute Gasteiger partial charge is 0.243 e. The highest BCUT2D eigenvalue weighted by molar-refractivity contribution is 5.81. The Labute approximate surface area is 143 Å². The largest absolute Gasteiger partial charge is 0.385 e. The Morgan fingerprint density at radius 2 is 1.96 bits per heavy atom. The monoisotopic (exact) mass is 339 g/mol. The summed E-state index contributed by atoms with van der Waals surface area (Å²) in [6.07, 6.45) is 0.837. The number of nitrogens with zero attached hydrogens (tertiary/aromatic N) is 4. The highest BCUT2D eigenvalue weighted by Gasteiger charge is 2.29. The summed E-state index contributed by atoms with van der Waals surface area (Å²) in [7, 11) is 1.67. The van der Waals surface area contributed by atoms with Crippen LogP contribution < -0.4 is 5.32 Å². The van der Waals surface area contributed by atoms with E-state index in [1.54, 1.807) is 7.11 Å². The van der Waals surface area contributed by atoms with E-state index in [0.29, 0.717) is 24.9 Å². The number of nitrogens with one attached hydrogen (secondary N) is 1. The molecule has 1 aromatic rings. The van der Waals surface area contributed by atoms with Crippen LogP contribution in [-0.2, 0) is 9.53 Å². The average molecular weight is 339 g/mol. The van der Waals surface area contributed by atoms with Crippen LogP contribution in [0.4, 0.5) is 0 Å². The third kappa shape index (κ3) is 4.99. The number of aromatic nitrogens is 2. The Morgan fingerprint density at radius 1 is 1.29 bits per heavy atom. The molecule has 0 saturated carbocycles. The lowest BCUT2D eigenvalue weighted by Crippen LogP contribution is -2.54. The Morgan fingerprint density at radius 3 is 2.54 bits per heavy atom. The van der Waals surface area contributed by atoms with Gasteiger partial charge in [-0.2, -0.15) is 4.98 Å². The minimum atomic E-state index is -0.115. The van der Waals surface area contributed by atoms with Crippen molar-refractivity contribution in [2.24, 2.45) is 0 Å². The number of hydrogen-bond donors (Lipinski definition) is 1. The minimum Gasteiger partial charge on any atom is -0.385 e. The lowest BCUT2D eigenvalue weighted by molar-refractivity contribution is -0.126. The van der Waals surface area contributed by atoms with Gasteiger partial charge in [0.25, 0.3) is 0 Å². The second-order valence-corrected chi connectivity index (χ2v) is 6.24. The third-order valence-electron chi connectivity index (χ3n) is 4.55. The SMILES string of the molecule is COCCCNC(=O)[C@H](C)N1CCN([C@H](C)c2nc(C)no2)CC1. The summed E-state index contributed by atoms with van der Waals surface area (Å²) in [4.78, 5) is 21.0. The molecule has 0 aliphatic carbocycles. The standard InChI is InChI=1S/C16H29N5O3/c1-12(15(22)17-6-5-11-23-4)20-7-9-21(10-8-20)13(2)16-18-14(3)19-24-16/h12-13H,5-11H2,1-4H3,(H,17,22)/t12-,13+/m0/s1. The number of ether oxygens (including phenoxy) is 1. The first-order valence-electron chi connectivity index (χ1n) is 8.58. The van der Waals surface area contributed by atoms with Gasteiger partial charge in [0.1, 0.15) is 0 Å². The number of piperazine rings is 1. The molecular weight excluding hydrogens is 310 g/mol. The Hall–Kier alpha value is -1.51. The van der Waals surface area contributed by atoms with Crippen molar-refractivity contribution >= 4 is 5.91 Å². The molecule has 0 bridgehead atoms. The summed E-state index contributed by atoms with van der Waals surface area (Å²) in [5.41, 5.74) is 0. The molecule has 1 fully saturated rings. The highest BCUT2D eigenvalue weighted by Crippen LogP contribution is 2.20. The van der Waals surface area contributed by atoms with Crippen LogP contribution in [0.5, 0.6) is 0 Å². The summed E-state index contributed by atoms with van der Waals surface area (Å²) < 4.78 is 10.3. The second kappa shape index (κ2) is 9.10. The molecule has 0 aromatic carbocycles. The van der Waals surface area contributed by atoms with Crippen LogP contribution in [0.3, 0.4) is 0 Å². The van der Waals surface area contributed by atoms with Gasteiger partial charge in [-0.15, -0.1) is 0 Å². The van der Waals surface area contributed by atoms with Crippen molar-refractivity contribution in [3.05, 3.63) is 11.7 Å². The average Bonchev–Trinajstić information content (AvgIpc) is 3.04. The molecule has 1 amide bonds. The first-order valence-corrected chi connectivity index (χ1v) is 8.58. The molecule has 24 heavy (non-hydrogen) atoms. The summed E-state index contributed by atoms with van der Waals surface area (Å²) >= 11 is 0. The van der Waals surface area contributed by atoms with Crippen LogP contribution in [-0.4, -0.2) is 78.3 Å². The highest BCUT2D eigenvalue weighted by atomic mass is 16.5. The van der Waals surface area contributed by atoms with E-state index in [4.69, 9.17) is 9.26 Å². The van der Waals surface area contributed by atoms with Crippen LogP contribution in [0.1, 0.15) is 38.0 Å². The van der Waals surface area contributed by atoms with E-state index in [-0.39, 0.29) is 18.0 Å². The molecule has 8 heteroatoms. The van der Waals surface area contributed by atoms with Gasteiger partial charge >= 0.3 is 0 Å². The van der Waals surface area contributed by atoms with Crippen molar-refractivity contribution in [2.45, 2.75) is 39.3 Å². The van der Waals surface area contributed by atoms with Gasteiger partial charge in [0.15, 0.2) is 5.82 Å². The molecule has 1 N–H and O–H groups in total. The maximum atomic E-state index is 12.2. The van der Waals surface area contributed by atoms with Crippen molar-refractivity contribution in [3.8, 4) is 0 Å². The van der Waals surface area contributed by atoms with E-state index in [0.717, 1.165) is 32.6 Å². The van der Waals surface area contributed by atoms with E-state index in [1.165, 1.54) is 0 Å². The molecule has 0 spiro atoms. The van der Waals surface area contributed by atoms with Crippen molar-refractivity contribution in [3.63, 3.8) is 0 Å². The van der Waals surface area contributed by atoms with Gasteiger partial charge < -0.3 is 14.6 Å². The summed E-state index contributed by atoms with van der Waals surface area (Å²) in [5, 5.41) is 6.83. The maximum Gasteiger partial charge on any atom is 0.243 e. The van der Waals surface area contributed by atoms with Gasteiger partial charge in [-0.25, -0.2) is 0 Å².